The molecule has 0 bridgehead atoms. The summed E-state index contributed by atoms with van der Waals surface area (Å²) in [5, 5.41) is 11.1. The van der Waals surface area contributed by atoms with Crippen molar-refractivity contribution >= 4 is 33.2 Å². The Labute approximate surface area is 133 Å². The topological polar surface area (TPSA) is 40.5 Å². The van der Waals surface area contributed by atoms with Crippen molar-refractivity contribution in [2.75, 3.05) is 13.1 Å². The van der Waals surface area contributed by atoms with E-state index in [-0.39, 0.29) is 12.3 Å². The number of likely N-dealkylation sites (tertiary alicyclic amines) is 1. The van der Waals surface area contributed by atoms with Crippen LogP contribution in [-0.4, -0.2) is 29.1 Å². The van der Waals surface area contributed by atoms with Crippen LogP contribution in [0.3, 0.4) is 0 Å². The Kier molecular flexibility index (Phi) is 5.64. The molecule has 0 aromatic carbocycles. The number of hydrogen-bond donors (Lipinski definition) is 1. The van der Waals surface area contributed by atoms with Gasteiger partial charge in [0.05, 0.1) is 0 Å². The molecule has 3 atom stereocenters. The van der Waals surface area contributed by atoms with E-state index in [9.17, 15) is 4.79 Å². The van der Waals surface area contributed by atoms with Crippen LogP contribution in [0, 0.1) is 11.8 Å². The standard InChI is InChI=1S/C15H22BrNO2S/c1-10(6-15(18)19)12-4-3-5-17(8-12)11(2)14-7-13(16)9-20-14/h7,9-12H,3-6,8H2,1-2H3,(H,18,19). The summed E-state index contributed by atoms with van der Waals surface area (Å²) in [6.45, 7) is 6.47. The van der Waals surface area contributed by atoms with Crippen molar-refractivity contribution in [1.82, 2.24) is 4.90 Å². The molecule has 1 aromatic rings. The van der Waals surface area contributed by atoms with E-state index in [0.717, 1.165) is 24.0 Å². The predicted molar refractivity (Wildman–Crippen MR) is 86.1 cm³/mol. The fourth-order valence-corrected chi connectivity index (χ4v) is 4.56. The molecule has 3 unspecified atom stereocenters. The van der Waals surface area contributed by atoms with Crippen molar-refractivity contribution in [3.05, 3.63) is 20.8 Å². The number of carboxylic acid groups (broad SMARTS) is 1. The van der Waals surface area contributed by atoms with Gasteiger partial charge in [-0.05, 0) is 60.1 Å². The highest BCUT2D eigenvalue weighted by Gasteiger charge is 2.29. The summed E-state index contributed by atoms with van der Waals surface area (Å²) in [6, 6.07) is 2.62. The number of carboxylic acids is 1. The number of hydrogen-bond acceptors (Lipinski definition) is 3. The normalized spacial score (nSPS) is 23.4. The number of aliphatic carboxylic acids is 1. The van der Waals surface area contributed by atoms with Gasteiger partial charge in [0.25, 0.3) is 0 Å². The van der Waals surface area contributed by atoms with Gasteiger partial charge in [-0.15, -0.1) is 11.3 Å². The van der Waals surface area contributed by atoms with Crippen LogP contribution in [0.15, 0.2) is 15.9 Å². The third kappa shape index (κ3) is 4.06. The number of nitrogens with zero attached hydrogens (tertiary/aromatic N) is 1. The molecular weight excluding hydrogens is 338 g/mol. The van der Waals surface area contributed by atoms with Gasteiger partial charge >= 0.3 is 5.97 Å². The zero-order valence-corrected chi connectivity index (χ0v) is 14.4. The maximum atomic E-state index is 10.9. The number of halogens is 1. The van der Waals surface area contributed by atoms with Crippen LogP contribution in [0.4, 0.5) is 0 Å². The highest BCUT2D eigenvalue weighted by Crippen LogP contribution is 2.34. The van der Waals surface area contributed by atoms with Gasteiger partial charge in [-0.2, -0.15) is 0 Å². The molecule has 1 N–H and O–H groups in total. The summed E-state index contributed by atoms with van der Waals surface area (Å²) >= 11 is 5.30. The molecule has 0 spiro atoms. The van der Waals surface area contributed by atoms with Crippen LogP contribution in [0.1, 0.15) is 44.0 Å². The molecule has 1 fully saturated rings. The molecule has 1 aliphatic heterocycles. The van der Waals surface area contributed by atoms with Crippen LogP contribution in [-0.2, 0) is 4.79 Å². The lowest BCUT2D eigenvalue weighted by Gasteiger charge is -2.38. The Hall–Kier alpha value is -0.390. The number of piperidine rings is 1. The Morgan fingerprint density at radius 3 is 2.95 bits per heavy atom. The van der Waals surface area contributed by atoms with Gasteiger partial charge in [-0.1, -0.05) is 6.92 Å². The van der Waals surface area contributed by atoms with Gasteiger partial charge in [0.2, 0.25) is 0 Å². The minimum absolute atomic E-state index is 0.262. The fourth-order valence-electron chi connectivity index (χ4n) is 3.03. The largest absolute Gasteiger partial charge is 0.481 e. The molecule has 1 aliphatic rings. The Morgan fingerprint density at radius 2 is 2.35 bits per heavy atom. The van der Waals surface area contributed by atoms with Crippen molar-refractivity contribution in [1.29, 1.82) is 0 Å². The van der Waals surface area contributed by atoms with E-state index in [2.05, 4.69) is 46.1 Å². The summed E-state index contributed by atoms with van der Waals surface area (Å²) in [5.74, 6) is 0.0909. The number of thiophene rings is 1. The average molecular weight is 360 g/mol. The second-order valence-electron chi connectivity index (χ2n) is 5.82. The van der Waals surface area contributed by atoms with Crippen molar-refractivity contribution in [3.8, 4) is 0 Å². The molecular formula is C15H22BrNO2S. The van der Waals surface area contributed by atoms with E-state index >= 15 is 0 Å². The van der Waals surface area contributed by atoms with E-state index in [0.29, 0.717) is 12.0 Å². The maximum Gasteiger partial charge on any atom is 0.303 e. The molecule has 112 valence electrons. The number of rotatable bonds is 5. The van der Waals surface area contributed by atoms with Crippen LogP contribution in [0.5, 0.6) is 0 Å². The van der Waals surface area contributed by atoms with Crippen LogP contribution in [0.2, 0.25) is 0 Å². The number of carbonyl (C=O) groups is 1. The third-order valence-corrected chi connectivity index (χ3v) is 6.20. The molecule has 20 heavy (non-hydrogen) atoms. The minimum atomic E-state index is -0.676. The monoisotopic (exact) mass is 359 g/mol. The molecule has 0 aliphatic carbocycles. The van der Waals surface area contributed by atoms with Crippen molar-refractivity contribution in [2.24, 2.45) is 11.8 Å². The molecule has 5 heteroatoms. The maximum absolute atomic E-state index is 10.9. The molecule has 2 heterocycles. The Bertz CT molecular complexity index is 462. The average Bonchev–Trinajstić information content (AvgIpc) is 2.84. The van der Waals surface area contributed by atoms with E-state index in [4.69, 9.17) is 5.11 Å². The highest BCUT2D eigenvalue weighted by molar-refractivity contribution is 9.10. The SMILES string of the molecule is CC(CC(=O)O)C1CCCN(C(C)c2cc(Br)cs2)C1. The first-order valence-corrected chi connectivity index (χ1v) is 8.84. The van der Waals surface area contributed by atoms with E-state index in [1.807, 2.05) is 0 Å². The summed E-state index contributed by atoms with van der Waals surface area (Å²) in [6.07, 6.45) is 2.62. The lowest BCUT2D eigenvalue weighted by molar-refractivity contribution is -0.138. The van der Waals surface area contributed by atoms with E-state index in [1.165, 1.54) is 11.3 Å². The van der Waals surface area contributed by atoms with Gasteiger partial charge in [0.15, 0.2) is 0 Å². The molecule has 0 amide bonds. The molecule has 1 aromatic heterocycles. The minimum Gasteiger partial charge on any atom is -0.481 e. The zero-order valence-electron chi connectivity index (χ0n) is 12.0. The lowest BCUT2D eigenvalue weighted by Crippen LogP contribution is -2.39. The van der Waals surface area contributed by atoms with Crippen LogP contribution < -0.4 is 0 Å². The van der Waals surface area contributed by atoms with Crippen molar-refractivity contribution in [2.45, 2.75) is 39.2 Å². The van der Waals surface area contributed by atoms with Gasteiger partial charge < -0.3 is 5.11 Å². The van der Waals surface area contributed by atoms with E-state index < -0.39 is 5.97 Å². The molecule has 3 nitrogen and oxygen atoms in total. The van der Waals surface area contributed by atoms with Crippen LogP contribution in [0.25, 0.3) is 0 Å². The zero-order chi connectivity index (χ0) is 14.7. The first-order valence-electron chi connectivity index (χ1n) is 7.17. The quantitative estimate of drug-likeness (QED) is 0.846. The Morgan fingerprint density at radius 1 is 1.60 bits per heavy atom. The molecule has 2 rings (SSSR count). The Balaban J connectivity index is 1.97. The second-order valence-corrected chi connectivity index (χ2v) is 7.67. The van der Waals surface area contributed by atoms with Gasteiger partial charge in [-0.25, -0.2) is 0 Å². The summed E-state index contributed by atoms with van der Waals surface area (Å²) in [5.41, 5.74) is 0. The fraction of sp³-hybridized carbons (Fsp3) is 0.667. The van der Waals surface area contributed by atoms with Crippen LogP contribution >= 0.6 is 27.3 Å². The van der Waals surface area contributed by atoms with E-state index in [1.54, 1.807) is 11.3 Å². The first-order chi connectivity index (χ1) is 9.47. The van der Waals surface area contributed by atoms with Gasteiger partial charge in [0, 0.05) is 33.7 Å². The van der Waals surface area contributed by atoms with Crippen molar-refractivity contribution < 1.29 is 9.90 Å². The third-order valence-electron chi connectivity index (χ3n) is 4.34. The summed E-state index contributed by atoms with van der Waals surface area (Å²) < 4.78 is 1.15. The molecule has 0 saturated carbocycles. The highest BCUT2D eigenvalue weighted by atomic mass is 79.9. The smallest absolute Gasteiger partial charge is 0.303 e. The van der Waals surface area contributed by atoms with Crippen molar-refractivity contribution in [3.63, 3.8) is 0 Å². The first kappa shape index (κ1) is 16.0. The van der Waals surface area contributed by atoms with Gasteiger partial charge in [0.1, 0.15) is 0 Å². The molecule has 0 radical (unpaired) electrons. The lowest BCUT2D eigenvalue weighted by atomic mass is 9.84. The van der Waals surface area contributed by atoms with Gasteiger partial charge in [-0.3, -0.25) is 9.69 Å². The summed E-state index contributed by atoms with van der Waals surface area (Å²) in [4.78, 5) is 14.8. The second kappa shape index (κ2) is 7.05. The predicted octanol–water partition coefficient (Wildman–Crippen LogP) is 4.39. The summed E-state index contributed by atoms with van der Waals surface area (Å²) in [7, 11) is 0. The molecule has 1 saturated heterocycles.